The number of aromatic nitrogens is 2. The van der Waals surface area contributed by atoms with E-state index >= 15 is 0 Å². The van der Waals surface area contributed by atoms with Crippen LogP contribution in [0.3, 0.4) is 0 Å². The molecule has 0 aliphatic heterocycles. The summed E-state index contributed by atoms with van der Waals surface area (Å²) in [4.78, 5) is 21.7. The highest BCUT2D eigenvalue weighted by Gasteiger charge is 2.11. The first-order valence-corrected chi connectivity index (χ1v) is 8.55. The SMILES string of the molecule is Cc1ccc2oc(SCC(=O)Nc3nc(C)c(C)s3)nc2c1. The van der Waals surface area contributed by atoms with Gasteiger partial charge in [-0.2, -0.15) is 0 Å². The zero-order chi connectivity index (χ0) is 15.7. The Morgan fingerprint density at radius 2 is 2.14 bits per heavy atom. The molecule has 1 amide bonds. The highest BCUT2D eigenvalue weighted by molar-refractivity contribution is 7.99. The smallest absolute Gasteiger partial charge is 0.257 e. The van der Waals surface area contributed by atoms with Crippen molar-refractivity contribution >= 4 is 45.2 Å². The summed E-state index contributed by atoms with van der Waals surface area (Å²) in [7, 11) is 0. The molecule has 0 atom stereocenters. The molecule has 0 aliphatic carbocycles. The maximum atomic E-state index is 11.9. The third-order valence-corrected chi connectivity index (χ3v) is 4.94. The minimum absolute atomic E-state index is 0.114. The first-order valence-electron chi connectivity index (χ1n) is 6.75. The highest BCUT2D eigenvalue weighted by Crippen LogP contribution is 2.25. The number of thiazole rings is 1. The van der Waals surface area contributed by atoms with Crippen molar-refractivity contribution in [3.63, 3.8) is 0 Å². The largest absolute Gasteiger partial charge is 0.431 e. The number of benzene rings is 1. The lowest BCUT2D eigenvalue weighted by Crippen LogP contribution is -2.13. The van der Waals surface area contributed by atoms with Crippen LogP contribution < -0.4 is 5.32 Å². The molecule has 2 aromatic heterocycles. The van der Waals surface area contributed by atoms with E-state index in [0.29, 0.717) is 10.4 Å². The zero-order valence-electron chi connectivity index (χ0n) is 12.5. The molecule has 0 aliphatic rings. The molecule has 0 fully saturated rings. The van der Waals surface area contributed by atoms with Crippen molar-refractivity contribution in [3.8, 4) is 0 Å². The van der Waals surface area contributed by atoms with Gasteiger partial charge in [-0.05, 0) is 38.5 Å². The predicted molar refractivity (Wildman–Crippen MR) is 89.7 cm³/mol. The first-order chi connectivity index (χ1) is 10.5. The van der Waals surface area contributed by atoms with Crippen LogP contribution in [-0.4, -0.2) is 21.6 Å². The van der Waals surface area contributed by atoms with Crippen molar-refractivity contribution in [3.05, 3.63) is 34.3 Å². The molecule has 3 aromatic rings. The normalized spacial score (nSPS) is 11.0. The molecule has 22 heavy (non-hydrogen) atoms. The van der Waals surface area contributed by atoms with E-state index in [2.05, 4.69) is 15.3 Å². The molecule has 0 radical (unpaired) electrons. The zero-order valence-corrected chi connectivity index (χ0v) is 14.1. The molecular formula is C15H15N3O2S2. The Hall–Kier alpha value is -1.86. The van der Waals surface area contributed by atoms with Crippen LogP contribution in [0.25, 0.3) is 11.1 Å². The quantitative estimate of drug-likeness (QED) is 0.732. The van der Waals surface area contributed by atoms with Crippen molar-refractivity contribution in [2.45, 2.75) is 26.0 Å². The van der Waals surface area contributed by atoms with Gasteiger partial charge >= 0.3 is 0 Å². The fraction of sp³-hybridized carbons (Fsp3) is 0.267. The number of rotatable bonds is 4. The molecule has 114 valence electrons. The molecule has 7 heteroatoms. The van der Waals surface area contributed by atoms with E-state index in [0.717, 1.165) is 27.2 Å². The topological polar surface area (TPSA) is 68.0 Å². The van der Waals surface area contributed by atoms with Crippen molar-refractivity contribution in [1.82, 2.24) is 9.97 Å². The number of carbonyl (C=O) groups excluding carboxylic acids is 1. The number of fused-ring (bicyclic) bond motifs is 1. The number of carbonyl (C=O) groups is 1. The van der Waals surface area contributed by atoms with Crippen LogP contribution in [0, 0.1) is 20.8 Å². The average molecular weight is 333 g/mol. The Bertz CT molecular complexity index is 819. The van der Waals surface area contributed by atoms with Crippen LogP contribution in [0.2, 0.25) is 0 Å². The molecular weight excluding hydrogens is 318 g/mol. The molecule has 0 saturated heterocycles. The number of hydrogen-bond donors (Lipinski definition) is 1. The second-order valence-corrected chi connectivity index (χ2v) is 7.08. The molecule has 1 aromatic carbocycles. The standard InChI is InChI=1S/C15H15N3O2S2/c1-8-4-5-12-11(6-8)17-15(20-12)21-7-13(19)18-14-16-9(2)10(3)22-14/h4-6H,7H2,1-3H3,(H,16,18,19). The molecule has 0 unspecified atom stereocenters. The fourth-order valence-corrected chi connectivity index (χ4v) is 3.36. The number of hydrogen-bond acceptors (Lipinski definition) is 6. The minimum Gasteiger partial charge on any atom is -0.431 e. The van der Waals surface area contributed by atoms with Gasteiger partial charge in [-0.15, -0.1) is 11.3 Å². The van der Waals surface area contributed by atoms with Gasteiger partial charge in [0.25, 0.3) is 5.22 Å². The van der Waals surface area contributed by atoms with Crippen molar-refractivity contribution in [1.29, 1.82) is 0 Å². The fourth-order valence-electron chi connectivity index (χ4n) is 1.89. The molecule has 0 bridgehead atoms. The molecule has 5 nitrogen and oxygen atoms in total. The van der Waals surface area contributed by atoms with Crippen LogP contribution >= 0.6 is 23.1 Å². The Kier molecular flexibility index (Phi) is 4.17. The summed E-state index contributed by atoms with van der Waals surface area (Å²) in [6.45, 7) is 5.92. The van der Waals surface area contributed by atoms with Crippen LogP contribution in [0.5, 0.6) is 0 Å². The van der Waals surface area contributed by atoms with Crippen molar-refractivity contribution in [2.24, 2.45) is 0 Å². The van der Waals surface area contributed by atoms with Crippen LogP contribution in [-0.2, 0) is 4.79 Å². The summed E-state index contributed by atoms with van der Waals surface area (Å²) in [6.07, 6.45) is 0. The number of amides is 1. The number of nitrogens with one attached hydrogen (secondary N) is 1. The lowest BCUT2D eigenvalue weighted by atomic mass is 10.2. The Morgan fingerprint density at radius 3 is 2.86 bits per heavy atom. The van der Waals surface area contributed by atoms with Crippen LogP contribution in [0.15, 0.2) is 27.8 Å². The third-order valence-electron chi connectivity index (χ3n) is 3.13. The Labute approximate surface area is 136 Å². The van der Waals surface area contributed by atoms with E-state index < -0.39 is 0 Å². The maximum Gasteiger partial charge on any atom is 0.257 e. The lowest BCUT2D eigenvalue weighted by molar-refractivity contribution is -0.113. The summed E-state index contributed by atoms with van der Waals surface area (Å²) >= 11 is 2.76. The predicted octanol–water partition coefficient (Wildman–Crippen LogP) is 3.94. The second kappa shape index (κ2) is 6.10. The van der Waals surface area contributed by atoms with Crippen molar-refractivity contribution < 1.29 is 9.21 Å². The summed E-state index contributed by atoms with van der Waals surface area (Å²) in [5.74, 6) is 0.126. The van der Waals surface area contributed by atoms with E-state index in [4.69, 9.17) is 4.42 Å². The van der Waals surface area contributed by atoms with Gasteiger partial charge in [0.1, 0.15) is 5.52 Å². The molecule has 0 spiro atoms. The van der Waals surface area contributed by atoms with E-state index in [9.17, 15) is 4.79 Å². The van der Waals surface area contributed by atoms with Gasteiger partial charge in [-0.3, -0.25) is 4.79 Å². The van der Waals surface area contributed by atoms with Crippen molar-refractivity contribution in [2.75, 3.05) is 11.1 Å². The van der Waals surface area contributed by atoms with Gasteiger partial charge in [0, 0.05) is 4.88 Å². The third kappa shape index (κ3) is 3.31. The summed E-state index contributed by atoms with van der Waals surface area (Å²) in [6, 6.07) is 5.83. The minimum atomic E-state index is -0.114. The summed E-state index contributed by atoms with van der Waals surface area (Å²) < 4.78 is 5.61. The first kappa shape index (κ1) is 15.1. The Morgan fingerprint density at radius 1 is 1.32 bits per heavy atom. The molecule has 1 N–H and O–H groups in total. The summed E-state index contributed by atoms with van der Waals surface area (Å²) in [5.41, 5.74) is 3.63. The molecule has 2 heterocycles. The number of oxazole rings is 1. The number of thioether (sulfide) groups is 1. The van der Waals surface area contributed by atoms with E-state index in [1.54, 1.807) is 0 Å². The summed E-state index contributed by atoms with van der Waals surface area (Å²) in [5, 5.41) is 3.93. The van der Waals surface area contributed by atoms with E-state index in [1.807, 2.05) is 39.0 Å². The highest BCUT2D eigenvalue weighted by atomic mass is 32.2. The average Bonchev–Trinajstić information content (AvgIpc) is 2.99. The molecule has 0 saturated carbocycles. The van der Waals surface area contributed by atoms with Gasteiger partial charge in [0.05, 0.1) is 11.4 Å². The molecule has 3 rings (SSSR count). The monoisotopic (exact) mass is 333 g/mol. The van der Waals surface area contributed by atoms with E-state index in [-0.39, 0.29) is 11.7 Å². The van der Waals surface area contributed by atoms with Gasteiger partial charge < -0.3 is 9.73 Å². The van der Waals surface area contributed by atoms with Gasteiger partial charge in [-0.25, -0.2) is 9.97 Å². The van der Waals surface area contributed by atoms with Crippen LogP contribution in [0.1, 0.15) is 16.1 Å². The van der Waals surface area contributed by atoms with E-state index in [1.165, 1.54) is 23.1 Å². The lowest BCUT2D eigenvalue weighted by Gasteiger charge is -1.98. The maximum absolute atomic E-state index is 11.9. The van der Waals surface area contributed by atoms with Crippen LogP contribution in [0.4, 0.5) is 5.13 Å². The number of anilines is 1. The van der Waals surface area contributed by atoms with Gasteiger partial charge in [0.2, 0.25) is 5.91 Å². The Balaban J connectivity index is 1.62. The van der Waals surface area contributed by atoms with Gasteiger partial charge in [0.15, 0.2) is 10.7 Å². The number of nitrogens with zero attached hydrogens (tertiary/aromatic N) is 2. The number of aryl methyl sites for hydroxylation is 3. The second-order valence-electron chi connectivity index (χ2n) is 4.95. The van der Waals surface area contributed by atoms with Gasteiger partial charge in [-0.1, -0.05) is 17.8 Å².